The van der Waals surface area contributed by atoms with Gasteiger partial charge in [-0.2, -0.15) is 0 Å². The van der Waals surface area contributed by atoms with Gasteiger partial charge in [-0.25, -0.2) is 0 Å². The van der Waals surface area contributed by atoms with Gasteiger partial charge in [0, 0.05) is 45.3 Å². The van der Waals surface area contributed by atoms with E-state index in [4.69, 9.17) is 9.73 Å². The molecule has 28 heavy (non-hydrogen) atoms. The van der Waals surface area contributed by atoms with Crippen molar-refractivity contribution in [3.63, 3.8) is 0 Å². The first kappa shape index (κ1) is 21.8. The molecule has 2 aliphatic heterocycles. The summed E-state index contributed by atoms with van der Waals surface area (Å²) in [6.07, 6.45) is 5.01. The maximum Gasteiger partial charge on any atom is 0.193 e. The number of likely N-dealkylation sites (tertiary alicyclic amines) is 1. The van der Waals surface area contributed by atoms with Crippen LogP contribution in [0.3, 0.4) is 0 Å². The Morgan fingerprint density at radius 2 is 1.93 bits per heavy atom. The highest BCUT2D eigenvalue weighted by atomic mass is 127. The molecule has 0 amide bonds. The first-order chi connectivity index (χ1) is 13.3. The molecule has 3 aliphatic rings. The minimum absolute atomic E-state index is 0. The second-order valence-corrected chi connectivity index (χ2v) is 8.37. The first-order valence-electron chi connectivity index (χ1n) is 10.7. The van der Waals surface area contributed by atoms with E-state index in [0.717, 1.165) is 64.9 Å². The van der Waals surface area contributed by atoms with Crippen molar-refractivity contribution < 1.29 is 4.74 Å². The van der Waals surface area contributed by atoms with Gasteiger partial charge in [0.1, 0.15) is 0 Å². The van der Waals surface area contributed by atoms with E-state index in [1.54, 1.807) is 0 Å². The summed E-state index contributed by atoms with van der Waals surface area (Å²) in [5, 5.41) is 3.54. The molecule has 4 rings (SSSR count). The number of ether oxygens (including phenoxy) is 1. The molecule has 1 saturated carbocycles. The monoisotopic (exact) mass is 498 g/mol. The van der Waals surface area contributed by atoms with Crippen LogP contribution in [0.4, 0.5) is 0 Å². The molecule has 1 N–H and O–H groups in total. The summed E-state index contributed by atoms with van der Waals surface area (Å²) in [5.41, 5.74) is 1.84. The molecule has 0 aromatic heterocycles. The number of rotatable bonds is 6. The Morgan fingerprint density at radius 1 is 1.18 bits per heavy atom. The Kier molecular flexibility index (Phi) is 8.00. The van der Waals surface area contributed by atoms with Crippen molar-refractivity contribution >= 4 is 29.9 Å². The third kappa shape index (κ3) is 5.60. The van der Waals surface area contributed by atoms with E-state index < -0.39 is 0 Å². The standard InChI is InChI=1S/C22H34N4O.HI/c1-2-23-21(26-11-8-20(17-26)25-12-14-27-15-13-25)24-18-22(9-10-22)16-19-6-4-3-5-7-19;/h3-7,20H,2,8-18H2,1H3,(H,23,24);1H. The van der Waals surface area contributed by atoms with Gasteiger partial charge in [-0.15, -0.1) is 24.0 Å². The number of morpholine rings is 1. The van der Waals surface area contributed by atoms with Gasteiger partial charge in [-0.1, -0.05) is 30.3 Å². The molecule has 156 valence electrons. The number of aliphatic imine (C=N–C) groups is 1. The summed E-state index contributed by atoms with van der Waals surface area (Å²) < 4.78 is 5.51. The molecule has 6 heteroatoms. The fourth-order valence-electron chi connectivity index (χ4n) is 4.44. The zero-order valence-electron chi connectivity index (χ0n) is 17.1. The highest BCUT2D eigenvalue weighted by molar-refractivity contribution is 14.0. The molecule has 3 fully saturated rings. The zero-order valence-corrected chi connectivity index (χ0v) is 19.4. The smallest absolute Gasteiger partial charge is 0.193 e. The van der Waals surface area contributed by atoms with Gasteiger partial charge in [0.05, 0.1) is 13.2 Å². The molecule has 2 heterocycles. The van der Waals surface area contributed by atoms with Crippen LogP contribution in [0.25, 0.3) is 0 Å². The fraction of sp³-hybridized carbons (Fsp3) is 0.682. The van der Waals surface area contributed by atoms with Crippen molar-refractivity contribution in [3.8, 4) is 0 Å². The quantitative estimate of drug-likeness (QED) is 0.372. The van der Waals surface area contributed by atoms with Crippen LogP contribution in [0.1, 0.15) is 31.7 Å². The molecule has 0 radical (unpaired) electrons. The summed E-state index contributed by atoms with van der Waals surface area (Å²) in [6.45, 7) is 10.2. The largest absolute Gasteiger partial charge is 0.379 e. The molecule has 5 nitrogen and oxygen atoms in total. The van der Waals surface area contributed by atoms with Crippen LogP contribution < -0.4 is 5.32 Å². The lowest BCUT2D eigenvalue weighted by atomic mass is 9.97. The predicted molar refractivity (Wildman–Crippen MR) is 126 cm³/mol. The average molecular weight is 498 g/mol. The Hall–Kier alpha value is -0.860. The Labute approximate surface area is 186 Å². The van der Waals surface area contributed by atoms with Gasteiger partial charge in [-0.05, 0) is 43.6 Å². The summed E-state index contributed by atoms with van der Waals surface area (Å²) in [4.78, 5) is 10.2. The molecular weight excluding hydrogens is 463 g/mol. The van der Waals surface area contributed by atoms with Crippen LogP contribution in [0, 0.1) is 5.41 Å². The van der Waals surface area contributed by atoms with Crippen LogP contribution >= 0.6 is 24.0 Å². The summed E-state index contributed by atoms with van der Waals surface area (Å²) >= 11 is 0. The number of nitrogens with zero attached hydrogens (tertiary/aromatic N) is 3. The van der Waals surface area contributed by atoms with Gasteiger partial charge in [0.25, 0.3) is 0 Å². The topological polar surface area (TPSA) is 40.1 Å². The van der Waals surface area contributed by atoms with Gasteiger partial charge < -0.3 is 15.0 Å². The van der Waals surface area contributed by atoms with Crippen LogP contribution in [-0.4, -0.2) is 74.3 Å². The van der Waals surface area contributed by atoms with E-state index in [1.165, 1.54) is 24.8 Å². The predicted octanol–water partition coefficient (Wildman–Crippen LogP) is 3.00. The number of hydrogen-bond acceptors (Lipinski definition) is 3. The number of halogens is 1. The average Bonchev–Trinajstić information content (AvgIpc) is 3.29. The lowest BCUT2D eigenvalue weighted by Crippen LogP contribution is -2.46. The SMILES string of the molecule is CCNC(=NCC1(Cc2ccccc2)CC1)N1CCC(N2CCOCC2)C1.I. The second-order valence-electron chi connectivity index (χ2n) is 8.37. The van der Waals surface area contributed by atoms with Crippen molar-refractivity contribution in [2.45, 2.75) is 38.6 Å². The fourth-order valence-corrected chi connectivity index (χ4v) is 4.44. The number of nitrogens with one attached hydrogen (secondary N) is 1. The molecule has 1 aromatic rings. The maximum atomic E-state index is 5.51. The number of hydrogen-bond donors (Lipinski definition) is 1. The lowest BCUT2D eigenvalue weighted by Gasteiger charge is -2.32. The van der Waals surface area contributed by atoms with E-state index >= 15 is 0 Å². The van der Waals surface area contributed by atoms with Gasteiger partial charge in [0.2, 0.25) is 0 Å². The molecule has 0 bridgehead atoms. The first-order valence-corrected chi connectivity index (χ1v) is 10.7. The van der Waals surface area contributed by atoms with Crippen LogP contribution in [-0.2, 0) is 11.2 Å². The van der Waals surface area contributed by atoms with Crippen molar-refractivity contribution in [1.82, 2.24) is 15.1 Å². The van der Waals surface area contributed by atoms with Crippen LogP contribution in [0.2, 0.25) is 0 Å². The third-order valence-electron chi connectivity index (χ3n) is 6.30. The lowest BCUT2D eigenvalue weighted by molar-refractivity contribution is 0.0195. The molecule has 1 unspecified atom stereocenters. The van der Waals surface area contributed by atoms with Crippen molar-refractivity contribution in [2.24, 2.45) is 10.4 Å². The Bertz CT molecular complexity index is 629. The van der Waals surface area contributed by atoms with E-state index in [2.05, 4.69) is 52.4 Å². The summed E-state index contributed by atoms with van der Waals surface area (Å²) in [6, 6.07) is 11.5. The molecule has 0 spiro atoms. The zero-order chi connectivity index (χ0) is 18.5. The van der Waals surface area contributed by atoms with Gasteiger partial charge in [0.15, 0.2) is 5.96 Å². The Morgan fingerprint density at radius 3 is 2.61 bits per heavy atom. The van der Waals surface area contributed by atoms with E-state index in [-0.39, 0.29) is 24.0 Å². The van der Waals surface area contributed by atoms with Gasteiger partial charge >= 0.3 is 0 Å². The van der Waals surface area contributed by atoms with Crippen LogP contribution in [0.5, 0.6) is 0 Å². The van der Waals surface area contributed by atoms with Crippen molar-refractivity contribution in [3.05, 3.63) is 35.9 Å². The van der Waals surface area contributed by atoms with Crippen molar-refractivity contribution in [1.29, 1.82) is 0 Å². The summed E-state index contributed by atoms with van der Waals surface area (Å²) in [5.74, 6) is 1.12. The second kappa shape index (κ2) is 10.3. The van der Waals surface area contributed by atoms with E-state index in [9.17, 15) is 0 Å². The third-order valence-corrected chi connectivity index (χ3v) is 6.30. The minimum Gasteiger partial charge on any atom is -0.379 e. The molecule has 1 aliphatic carbocycles. The molecular formula is C22H35IN4O. The number of guanidine groups is 1. The summed E-state index contributed by atoms with van der Waals surface area (Å²) in [7, 11) is 0. The normalized spacial score (nSPS) is 24.7. The van der Waals surface area contributed by atoms with E-state index in [0.29, 0.717) is 11.5 Å². The van der Waals surface area contributed by atoms with Crippen LogP contribution in [0.15, 0.2) is 35.3 Å². The highest BCUT2D eigenvalue weighted by Crippen LogP contribution is 2.48. The molecule has 2 saturated heterocycles. The van der Waals surface area contributed by atoms with Gasteiger partial charge in [-0.3, -0.25) is 9.89 Å². The minimum atomic E-state index is 0. The molecule has 1 aromatic carbocycles. The Balaban J connectivity index is 0.00000225. The van der Waals surface area contributed by atoms with E-state index in [1.807, 2.05) is 0 Å². The highest BCUT2D eigenvalue weighted by Gasteiger charge is 2.42. The molecule has 1 atom stereocenters. The number of benzene rings is 1. The van der Waals surface area contributed by atoms with Crippen molar-refractivity contribution in [2.75, 3.05) is 52.5 Å². The maximum absolute atomic E-state index is 5.51.